The average Bonchev–Trinajstić information content (AvgIpc) is 3.01. The highest BCUT2D eigenvalue weighted by atomic mass is 15.1. The van der Waals surface area contributed by atoms with Gasteiger partial charge in [0.1, 0.15) is 0 Å². The van der Waals surface area contributed by atoms with Gasteiger partial charge in [-0.1, -0.05) is 37.3 Å². The number of likely N-dealkylation sites (tertiary alicyclic amines) is 1. The first-order valence-electron chi connectivity index (χ1n) is 11.1. The van der Waals surface area contributed by atoms with Crippen molar-refractivity contribution in [1.29, 1.82) is 0 Å². The maximum absolute atomic E-state index is 2.70. The average molecular weight is 330 g/mol. The van der Waals surface area contributed by atoms with Gasteiger partial charge in [0.25, 0.3) is 0 Å². The lowest BCUT2D eigenvalue weighted by Gasteiger charge is -2.43. The summed E-state index contributed by atoms with van der Waals surface area (Å²) in [6.45, 7) is 2.70. The molecule has 0 amide bonds. The number of hydrogen-bond donors (Lipinski definition) is 0. The maximum atomic E-state index is 2.70. The Morgan fingerprint density at radius 1 is 0.958 bits per heavy atom. The molecule has 1 heteroatoms. The molecule has 1 aliphatic heterocycles. The standard InChI is InChI=1S/C23H39N/c1-24-18-16-23(17-19-24)13-5-6-21(23)8-7-20-9-14-22(15-10-20)11-3-2-4-12-22/h9,21H,2-8,10-19H2,1H3. The predicted molar refractivity (Wildman–Crippen MR) is 103 cm³/mol. The van der Waals surface area contributed by atoms with E-state index in [0.29, 0.717) is 0 Å². The Morgan fingerprint density at radius 3 is 2.46 bits per heavy atom. The molecule has 2 spiro atoms. The molecule has 1 nitrogen and oxygen atoms in total. The van der Waals surface area contributed by atoms with Crippen LogP contribution in [0.1, 0.15) is 96.3 Å². The smallest absolute Gasteiger partial charge is 0.00164 e. The van der Waals surface area contributed by atoms with Gasteiger partial charge in [0.15, 0.2) is 0 Å². The molecule has 0 aromatic carbocycles. The zero-order valence-electron chi connectivity index (χ0n) is 16.1. The van der Waals surface area contributed by atoms with Crippen LogP contribution in [0.15, 0.2) is 11.6 Å². The van der Waals surface area contributed by atoms with E-state index in [2.05, 4.69) is 18.0 Å². The molecular formula is C23H39N. The summed E-state index contributed by atoms with van der Waals surface area (Å²) >= 11 is 0. The van der Waals surface area contributed by atoms with Crippen LogP contribution in [0.2, 0.25) is 0 Å². The number of hydrogen-bond acceptors (Lipinski definition) is 1. The van der Waals surface area contributed by atoms with E-state index in [4.69, 9.17) is 0 Å². The first kappa shape index (κ1) is 17.1. The quantitative estimate of drug-likeness (QED) is 0.546. The minimum Gasteiger partial charge on any atom is -0.306 e. The third-order valence-corrected chi connectivity index (χ3v) is 8.60. The van der Waals surface area contributed by atoms with Gasteiger partial charge in [-0.3, -0.25) is 0 Å². The van der Waals surface area contributed by atoms with Crippen molar-refractivity contribution in [2.75, 3.05) is 20.1 Å². The van der Waals surface area contributed by atoms with Crippen molar-refractivity contribution in [1.82, 2.24) is 4.90 Å². The summed E-state index contributed by atoms with van der Waals surface area (Å²) in [7, 11) is 2.31. The minimum atomic E-state index is 0.740. The van der Waals surface area contributed by atoms with Gasteiger partial charge in [-0.25, -0.2) is 0 Å². The van der Waals surface area contributed by atoms with Crippen molar-refractivity contribution in [3.05, 3.63) is 11.6 Å². The van der Waals surface area contributed by atoms with Gasteiger partial charge in [0.2, 0.25) is 0 Å². The van der Waals surface area contributed by atoms with Gasteiger partial charge < -0.3 is 4.90 Å². The summed E-state index contributed by atoms with van der Waals surface area (Å²) in [6.07, 6.45) is 25.1. The molecule has 0 aromatic rings. The molecule has 1 heterocycles. The molecule has 3 fully saturated rings. The Labute approximate surface area is 150 Å². The zero-order valence-corrected chi connectivity index (χ0v) is 16.1. The van der Waals surface area contributed by atoms with E-state index in [1.165, 1.54) is 109 Å². The molecule has 1 saturated heterocycles. The van der Waals surface area contributed by atoms with Crippen molar-refractivity contribution in [3.63, 3.8) is 0 Å². The van der Waals surface area contributed by atoms with Crippen LogP contribution >= 0.6 is 0 Å². The summed E-state index contributed by atoms with van der Waals surface area (Å²) in [5, 5.41) is 0. The summed E-state index contributed by atoms with van der Waals surface area (Å²) in [5.74, 6) is 1.04. The molecule has 0 radical (unpaired) electrons. The summed E-state index contributed by atoms with van der Waals surface area (Å²) in [4.78, 5) is 2.55. The molecule has 0 bridgehead atoms. The molecule has 4 rings (SSSR count). The fourth-order valence-electron chi connectivity index (χ4n) is 6.72. The fourth-order valence-corrected chi connectivity index (χ4v) is 6.72. The van der Waals surface area contributed by atoms with Gasteiger partial charge in [-0.15, -0.1) is 0 Å². The lowest BCUT2D eigenvalue weighted by Crippen LogP contribution is -2.40. The van der Waals surface area contributed by atoms with E-state index < -0.39 is 0 Å². The van der Waals surface area contributed by atoms with Crippen molar-refractivity contribution in [2.45, 2.75) is 96.3 Å². The molecule has 3 aliphatic carbocycles. The van der Waals surface area contributed by atoms with Crippen LogP contribution in [0, 0.1) is 16.7 Å². The Kier molecular flexibility index (Phi) is 5.09. The Bertz CT molecular complexity index is 449. The van der Waals surface area contributed by atoms with Crippen LogP contribution in [0.5, 0.6) is 0 Å². The third-order valence-electron chi connectivity index (χ3n) is 8.60. The zero-order chi connectivity index (χ0) is 16.5. The lowest BCUT2D eigenvalue weighted by atomic mass is 9.65. The molecule has 24 heavy (non-hydrogen) atoms. The Hall–Kier alpha value is -0.300. The second kappa shape index (κ2) is 7.14. The van der Waals surface area contributed by atoms with E-state index in [1.807, 2.05) is 5.57 Å². The number of rotatable bonds is 3. The second-order valence-corrected chi connectivity index (χ2v) is 9.92. The first-order valence-corrected chi connectivity index (χ1v) is 11.1. The second-order valence-electron chi connectivity index (χ2n) is 9.92. The molecule has 136 valence electrons. The van der Waals surface area contributed by atoms with E-state index in [-0.39, 0.29) is 0 Å². The van der Waals surface area contributed by atoms with E-state index in [9.17, 15) is 0 Å². The molecule has 1 unspecified atom stereocenters. The van der Waals surface area contributed by atoms with E-state index >= 15 is 0 Å². The van der Waals surface area contributed by atoms with Gasteiger partial charge in [0.05, 0.1) is 0 Å². The monoisotopic (exact) mass is 329 g/mol. The van der Waals surface area contributed by atoms with Gasteiger partial charge in [0, 0.05) is 0 Å². The summed E-state index contributed by atoms with van der Waals surface area (Å²) in [6, 6.07) is 0. The Morgan fingerprint density at radius 2 is 1.75 bits per heavy atom. The van der Waals surface area contributed by atoms with E-state index in [1.54, 1.807) is 0 Å². The highest BCUT2D eigenvalue weighted by Gasteiger charge is 2.43. The SMILES string of the molecule is CN1CCC2(CCCC2CCC2=CCC3(CCCCC3)CC2)CC1. The molecule has 4 aliphatic rings. The van der Waals surface area contributed by atoms with Crippen LogP contribution in [0.4, 0.5) is 0 Å². The van der Waals surface area contributed by atoms with Gasteiger partial charge in [-0.05, 0) is 108 Å². The van der Waals surface area contributed by atoms with Crippen LogP contribution in [-0.4, -0.2) is 25.0 Å². The van der Waals surface area contributed by atoms with Crippen molar-refractivity contribution in [2.24, 2.45) is 16.7 Å². The number of piperidine rings is 1. The Balaban J connectivity index is 1.30. The van der Waals surface area contributed by atoms with Gasteiger partial charge >= 0.3 is 0 Å². The lowest BCUT2D eigenvalue weighted by molar-refractivity contribution is 0.0770. The van der Waals surface area contributed by atoms with Crippen LogP contribution in [0.3, 0.4) is 0 Å². The molecule has 0 aromatic heterocycles. The molecule has 2 saturated carbocycles. The van der Waals surface area contributed by atoms with Gasteiger partial charge in [-0.2, -0.15) is 0 Å². The number of nitrogens with zero attached hydrogens (tertiary/aromatic N) is 1. The normalized spacial score (nSPS) is 33.0. The number of allylic oxidation sites excluding steroid dienone is 2. The largest absolute Gasteiger partial charge is 0.306 e. The topological polar surface area (TPSA) is 3.24 Å². The van der Waals surface area contributed by atoms with Crippen molar-refractivity contribution >= 4 is 0 Å². The van der Waals surface area contributed by atoms with Crippen LogP contribution in [0.25, 0.3) is 0 Å². The summed E-state index contributed by atoms with van der Waals surface area (Å²) < 4.78 is 0. The third kappa shape index (κ3) is 3.48. The first-order chi connectivity index (χ1) is 11.7. The van der Waals surface area contributed by atoms with E-state index in [0.717, 1.165) is 16.7 Å². The molecule has 0 N–H and O–H groups in total. The fraction of sp³-hybridized carbons (Fsp3) is 0.913. The van der Waals surface area contributed by atoms with Crippen LogP contribution < -0.4 is 0 Å². The predicted octanol–water partition coefficient (Wildman–Crippen LogP) is 6.34. The molecular weight excluding hydrogens is 290 g/mol. The highest BCUT2D eigenvalue weighted by molar-refractivity contribution is 5.11. The highest BCUT2D eigenvalue weighted by Crippen LogP contribution is 2.53. The van der Waals surface area contributed by atoms with Crippen molar-refractivity contribution < 1.29 is 0 Å². The van der Waals surface area contributed by atoms with Crippen molar-refractivity contribution in [3.8, 4) is 0 Å². The minimum absolute atomic E-state index is 0.740. The summed E-state index contributed by atoms with van der Waals surface area (Å²) in [5.41, 5.74) is 3.32. The maximum Gasteiger partial charge on any atom is -0.00164 e. The van der Waals surface area contributed by atoms with Crippen LogP contribution in [-0.2, 0) is 0 Å². The molecule has 1 atom stereocenters.